The van der Waals surface area contributed by atoms with E-state index in [4.69, 9.17) is 14.5 Å². The minimum atomic E-state index is -0.487. The number of rotatable bonds is 2. The maximum absolute atomic E-state index is 12.8. The molecule has 0 aromatic carbocycles. The number of carbonyl (C=O) groups excluding carboxylic acids is 1. The molecule has 0 radical (unpaired) electrons. The second-order valence-electron chi connectivity index (χ2n) is 6.62. The lowest BCUT2D eigenvalue weighted by Gasteiger charge is -2.37. The minimum Gasteiger partial charge on any atom is -0.376 e. The number of aromatic nitrogens is 1. The van der Waals surface area contributed by atoms with E-state index in [2.05, 4.69) is 6.07 Å². The molecule has 7 nitrogen and oxygen atoms in total. The third-order valence-corrected chi connectivity index (χ3v) is 5.94. The summed E-state index contributed by atoms with van der Waals surface area (Å²) in [5.74, 6) is 2.69. The van der Waals surface area contributed by atoms with E-state index in [1.165, 1.54) is 0 Å². The number of amides is 1. The Labute approximate surface area is 157 Å². The van der Waals surface area contributed by atoms with Crippen LogP contribution in [0.2, 0.25) is 0 Å². The van der Waals surface area contributed by atoms with Crippen molar-refractivity contribution in [3.63, 3.8) is 0 Å². The number of hydrogen-bond donors (Lipinski definition) is 0. The molecule has 1 aromatic heterocycles. The van der Waals surface area contributed by atoms with E-state index in [1.54, 1.807) is 0 Å². The number of thioether (sulfide) groups is 1. The fourth-order valence-electron chi connectivity index (χ4n) is 3.58. The Kier molecular flexibility index (Phi) is 5.29. The van der Waals surface area contributed by atoms with Crippen LogP contribution in [-0.4, -0.2) is 72.8 Å². The van der Waals surface area contributed by atoms with Crippen LogP contribution in [0.4, 0.5) is 5.82 Å². The number of hydrogen-bond acceptors (Lipinski definition) is 7. The number of carbonyl (C=O) groups is 1. The third-order valence-electron chi connectivity index (χ3n) is 5.00. The summed E-state index contributed by atoms with van der Waals surface area (Å²) in [6.07, 6.45) is 0.270. The topological polar surface area (TPSA) is 78.7 Å². The molecule has 1 atom stereocenters. The fraction of sp³-hybridized carbons (Fsp3) is 0.611. The molecule has 138 valence electrons. The van der Waals surface area contributed by atoms with Crippen LogP contribution < -0.4 is 4.90 Å². The van der Waals surface area contributed by atoms with Gasteiger partial charge in [0.2, 0.25) is 0 Å². The van der Waals surface area contributed by atoms with Gasteiger partial charge in [0, 0.05) is 43.1 Å². The summed E-state index contributed by atoms with van der Waals surface area (Å²) in [4.78, 5) is 21.5. The zero-order chi connectivity index (χ0) is 17.9. The van der Waals surface area contributed by atoms with E-state index in [0.717, 1.165) is 42.3 Å². The highest BCUT2D eigenvalue weighted by molar-refractivity contribution is 7.99. The second kappa shape index (κ2) is 7.82. The van der Waals surface area contributed by atoms with E-state index < -0.39 is 6.10 Å². The van der Waals surface area contributed by atoms with Crippen molar-refractivity contribution in [1.29, 1.82) is 5.26 Å². The first-order chi connectivity index (χ1) is 12.8. The van der Waals surface area contributed by atoms with E-state index in [0.29, 0.717) is 44.3 Å². The molecule has 0 bridgehead atoms. The molecule has 26 heavy (non-hydrogen) atoms. The van der Waals surface area contributed by atoms with Gasteiger partial charge < -0.3 is 19.3 Å². The van der Waals surface area contributed by atoms with Crippen LogP contribution >= 0.6 is 11.8 Å². The molecular formula is C18H22N4O3S. The largest absolute Gasteiger partial charge is 0.376 e. The molecule has 1 aromatic rings. The van der Waals surface area contributed by atoms with Crippen LogP contribution in [0, 0.1) is 11.3 Å². The van der Waals surface area contributed by atoms with Crippen LogP contribution in [0.1, 0.15) is 16.8 Å². The zero-order valence-corrected chi connectivity index (χ0v) is 15.5. The molecule has 2 saturated heterocycles. The molecule has 0 saturated carbocycles. The van der Waals surface area contributed by atoms with Gasteiger partial charge in [-0.25, -0.2) is 4.98 Å². The van der Waals surface area contributed by atoms with Gasteiger partial charge in [-0.05, 0) is 6.07 Å². The Balaban J connectivity index is 1.54. The summed E-state index contributed by atoms with van der Waals surface area (Å²) >= 11 is 1.88. The van der Waals surface area contributed by atoms with Gasteiger partial charge in [0.1, 0.15) is 11.9 Å². The Bertz CT molecular complexity index is 730. The molecule has 3 aliphatic heterocycles. The van der Waals surface area contributed by atoms with Crippen molar-refractivity contribution in [3.05, 3.63) is 22.9 Å². The highest BCUT2D eigenvalue weighted by Crippen LogP contribution is 2.26. The Hall–Kier alpha value is -1.82. The first-order valence-electron chi connectivity index (χ1n) is 9.00. The Morgan fingerprint density at radius 3 is 2.96 bits per heavy atom. The maximum atomic E-state index is 12.8. The van der Waals surface area contributed by atoms with Gasteiger partial charge in [-0.15, -0.1) is 0 Å². The molecule has 1 unspecified atom stereocenters. The molecule has 4 rings (SSSR count). The van der Waals surface area contributed by atoms with Crippen LogP contribution in [0.5, 0.6) is 0 Å². The fourth-order valence-corrected chi connectivity index (χ4v) is 4.48. The Morgan fingerprint density at radius 1 is 1.31 bits per heavy atom. The molecule has 0 spiro atoms. The van der Waals surface area contributed by atoms with Crippen LogP contribution in [0.3, 0.4) is 0 Å². The first kappa shape index (κ1) is 17.6. The first-order valence-corrected chi connectivity index (χ1v) is 10.2. The quantitative estimate of drug-likeness (QED) is 0.758. The Morgan fingerprint density at radius 2 is 2.15 bits per heavy atom. The van der Waals surface area contributed by atoms with Gasteiger partial charge in [0.15, 0.2) is 6.10 Å². The molecule has 0 aliphatic carbocycles. The second-order valence-corrected chi connectivity index (χ2v) is 7.85. The SMILES string of the molecule is N#Cc1cc2c(nc1N1CCOC(C(=O)N3CCSCC3)C1)CCOC2. The lowest BCUT2D eigenvalue weighted by Crippen LogP contribution is -2.53. The molecule has 0 N–H and O–H groups in total. The van der Waals surface area contributed by atoms with E-state index in [9.17, 15) is 10.1 Å². The van der Waals surface area contributed by atoms with Gasteiger partial charge in [0.25, 0.3) is 5.91 Å². The molecular weight excluding hydrogens is 352 g/mol. The molecule has 3 aliphatic rings. The normalized spacial score (nSPS) is 23.3. The van der Waals surface area contributed by atoms with Gasteiger partial charge in [0.05, 0.1) is 37.6 Å². The smallest absolute Gasteiger partial charge is 0.253 e. The average molecular weight is 374 g/mol. The number of pyridine rings is 1. The van der Waals surface area contributed by atoms with Gasteiger partial charge in [-0.3, -0.25) is 4.79 Å². The van der Waals surface area contributed by atoms with Gasteiger partial charge in [-0.1, -0.05) is 0 Å². The van der Waals surface area contributed by atoms with Crippen molar-refractivity contribution in [2.24, 2.45) is 0 Å². The zero-order valence-electron chi connectivity index (χ0n) is 14.6. The number of anilines is 1. The van der Waals surface area contributed by atoms with Crippen molar-refractivity contribution < 1.29 is 14.3 Å². The van der Waals surface area contributed by atoms with Crippen LogP contribution in [0.25, 0.3) is 0 Å². The number of ether oxygens (including phenoxy) is 2. The lowest BCUT2D eigenvalue weighted by atomic mass is 10.1. The number of fused-ring (bicyclic) bond motifs is 1. The van der Waals surface area contributed by atoms with E-state index in [1.807, 2.05) is 27.6 Å². The van der Waals surface area contributed by atoms with E-state index >= 15 is 0 Å². The predicted octanol–water partition coefficient (Wildman–Crippen LogP) is 0.807. The summed E-state index contributed by atoms with van der Waals surface area (Å²) < 4.78 is 11.2. The van der Waals surface area contributed by atoms with E-state index in [-0.39, 0.29) is 5.91 Å². The summed E-state index contributed by atoms with van der Waals surface area (Å²) in [5.41, 5.74) is 2.52. The lowest BCUT2D eigenvalue weighted by molar-refractivity contribution is -0.144. The average Bonchev–Trinajstić information content (AvgIpc) is 2.73. The predicted molar refractivity (Wildman–Crippen MR) is 98.2 cm³/mol. The summed E-state index contributed by atoms with van der Waals surface area (Å²) in [6, 6.07) is 4.13. The molecule has 1 amide bonds. The third kappa shape index (κ3) is 3.52. The molecule has 8 heteroatoms. The van der Waals surface area contributed by atoms with Crippen molar-refractivity contribution in [2.75, 3.05) is 55.8 Å². The summed E-state index contributed by atoms with van der Waals surface area (Å²) in [6.45, 7) is 4.27. The monoisotopic (exact) mass is 374 g/mol. The number of nitrogens with zero attached hydrogens (tertiary/aromatic N) is 4. The highest BCUT2D eigenvalue weighted by Gasteiger charge is 2.32. The number of morpholine rings is 1. The standard InChI is InChI=1S/C18H22N4O3S/c19-10-13-9-14-12-24-5-1-15(14)20-17(13)22-2-6-25-16(11-22)18(23)21-3-7-26-8-4-21/h9,16H,1-8,11-12H2. The van der Waals surface area contributed by atoms with Gasteiger partial charge in [-0.2, -0.15) is 17.0 Å². The van der Waals surface area contributed by atoms with Crippen molar-refractivity contribution >= 4 is 23.5 Å². The summed E-state index contributed by atoms with van der Waals surface area (Å²) in [5, 5.41) is 9.56. The van der Waals surface area contributed by atoms with Gasteiger partial charge >= 0.3 is 0 Å². The summed E-state index contributed by atoms with van der Waals surface area (Å²) in [7, 11) is 0. The van der Waals surface area contributed by atoms with Crippen molar-refractivity contribution in [2.45, 2.75) is 19.1 Å². The number of nitriles is 1. The minimum absolute atomic E-state index is 0.0554. The molecule has 4 heterocycles. The van der Waals surface area contributed by atoms with Crippen LogP contribution in [0.15, 0.2) is 6.07 Å². The van der Waals surface area contributed by atoms with Crippen LogP contribution in [-0.2, 0) is 27.3 Å². The van der Waals surface area contributed by atoms with Crippen molar-refractivity contribution in [3.8, 4) is 6.07 Å². The maximum Gasteiger partial charge on any atom is 0.253 e. The van der Waals surface area contributed by atoms with Crippen molar-refractivity contribution in [1.82, 2.24) is 9.88 Å². The highest BCUT2D eigenvalue weighted by atomic mass is 32.2. The molecule has 2 fully saturated rings.